The van der Waals surface area contributed by atoms with E-state index < -0.39 is 0 Å². The van der Waals surface area contributed by atoms with E-state index in [1.807, 2.05) is 36.0 Å². The Balaban J connectivity index is 1.84. The summed E-state index contributed by atoms with van der Waals surface area (Å²) in [6.45, 7) is 0.941. The number of carbonyl (C=O) groups excluding carboxylic acids is 1. The van der Waals surface area contributed by atoms with Crippen molar-refractivity contribution < 1.29 is 14.1 Å². The number of methoxy groups -OCH3 is 1. The van der Waals surface area contributed by atoms with Gasteiger partial charge in [-0.05, 0) is 25.0 Å². The van der Waals surface area contributed by atoms with Crippen LogP contribution in [0.25, 0.3) is 0 Å². The predicted octanol–water partition coefficient (Wildman–Crippen LogP) is 2.43. The maximum atomic E-state index is 13.1. The molecule has 0 N–H and O–H groups in total. The van der Waals surface area contributed by atoms with Crippen molar-refractivity contribution in [2.75, 3.05) is 32.6 Å². The Morgan fingerprint density at radius 1 is 1.35 bits per heavy atom. The highest BCUT2D eigenvalue weighted by Gasteiger charge is 2.31. The fourth-order valence-electron chi connectivity index (χ4n) is 3.15. The van der Waals surface area contributed by atoms with Crippen LogP contribution in [0.2, 0.25) is 0 Å². The van der Waals surface area contributed by atoms with Gasteiger partial charge in [0, 0.05) is 33.9 Å². The average Bonchev–Trinajstić information content (AvgIpc) is 2.97. The summed E-state index contributed by atoms with van der Waals surface area (Å²) in [6.07, 6.45) is 5.53. The van der Waals surface area contributed by atoms with E-state index in [9.17, 15) is 4.79 Å². The van der Waals surface area contributed by atoms with E-state index in [0.717, 1.165) is 31.5 Å². The molecule has 2 aromatic rings. The lowest BCUT2D eigenvalue weighted by molar-refractivity contribution is 0.0670. The van der Waals surface area contributed by atoms with Crippen LogP contribution < -0.4 is 4.90 Å². The fourth-order valence-corrected chi connectivity index (χ4v) is 3.15. The Bertz CT molecular complexity index is 729. The van der Waals surface area contributed by atoms with E-state index in [1.54, 1.807) is 13.3 Å². The second-order valence-electron chi connectivity index (χ2n) is 6.64. The first-order valence-corrected chi connectivity index (χ1v) is 8.86. The zero-order valence-corrected chi connectivity index (χ0v) is 15.5. The van der Waals surface area contributed by atoms with Gasteiger partial charge in [-0.3, -0.25) is 4.79 Å². The molecule has 0 aromatic carbocycles. The standard InChI is InChI=1S/C18H25N5O3/c1-22(2)15-9-8-13(11-19-15)18(24)23-10-6-4-5-7-14(23)17-20-16(12-25-3)26-21-17/h8-9,11,14H,4-7,10,12H2,1-3H3. The fraction of sp³-hybridized carbons (Fsp3) is 0.556. The molecule has 0 bridgehead atoms. The van der Waals surface area contributed by atoms with Crippen LogP contribution in [-0.4, -0.2) is 53.7 Å². The van der Waals surface area contributed by atoms with Gasteiger partial charge in [0.15, 0.2) is 5.82 Å². The van der Waals surface area contributed by atoms with E-state index in [0.29, 0.717) is 23.8 Å². The van der Waals surface area contributed by atoms with Crippen molar-refractivity contribution in [1.82, 2.24) is 20.0 Å². The largest absolute Gasteiger partial charge is 0.375 e. The first kappa shape index (κ1) is 18.3. The molecule has 3 rings (SSSR count). The second-order valence-corrected chi connectivity index (χ2v) is 6.64. The zero-order chi connectivity index (χ0) is 18.5. The molecule has 1 aliphatic rings. The van der Waals surface area contributed by atoms with Crippen molar-refractivity contribution in [3.8, 4) is 0 Å². The van der Waals surface area contributed by atoms with Crippen LogP contribution in [0.15, 0.2) is 22.9 Å². The molecule has 1 atom stereocenters. The van der Waals surface area contributed by atoms with E-state index in [2.05, 4.69) is 15.1 Å². The molecule has 0 saturated carbocycles. The van der Waals surface area contributed by atoms with Crippen LogP contribution in [-0.2, 0) is 11.3 Å². The molecule has 1 aliphatic heterocycles. The molecule has 140 valence electrons. The normalized spacial score (nSPS) is 17.8. The van der Waals surface area contributed by atoms with Crippen LogP contribution in [0.3, 0.4) is 0 Å². The number of anilines is 1. The molecular formula is C18H25N5O3. The molecule has 8 heteroatoms. The lowest BCUT2D eigenvalue weighted by Crippen LogP contribution is -2.35. The van der Waals surface area contributed by atoms with E-state index in [-0.39, 0.29) is 18.6 Å². The molecule has 8 nitrogen and oxygen atoms in total. The van der Waals surface area contributed by atoms with Gasteiger partial charge in [0.05, 0.1) is 11.6 Å². The summed E-state index contributed by atoms with van der Waals surface area (Å²) in [5.41, 5.74) is 0.572. The molecule has 2 aromatic heterocycles. The van der Waals surface area contributed by atoms with Crippen molar-refractivity contribution in [2.45, 2.75) is 38.3 Å². The summed E-state index contributed by atoms with van der Waals surface area (Å²) in [5.74, 6) is 1.74. The van der Waals surface area contributed by atoms with Gasteiger partial charge >= 0.3 is 0 Å². The minimum atomic E-state index is -0.187. The molecule has 26 heavy (non-hydrogen) atoms. The Labute approximate surface area is 153 Å². The maximum Gasteiger partial charge on any atom is 0.256 e. The summed E-state index contributed by atoms with van der Waals surface area (Å²) >= 11 is 0. The molecule has 0 spiro atoms. The quantitative estimate of drug-likeness (QED) is 0.810. The zero-order valence-electron chi connectivity index (χ0n) is 15.5. The molecule has 0 radical (unpaired) electrons. The monoisotopic (exact) mass is 359 g/mol. The summed E-state index contributed by atoms with van der Waals surface area (Å²) < 4.78 is 10.3. The number of amides is 1. The third-order valence-electron chi connectivity index (χ3n) is 4.52. The van der Waals surface area contributed by atoms with Crippen molar-refractivity contribution in [1.29, 1.82) is 0 Å². The SMILES string of the molecule is COCc1nc(C2CCCCCN2C(=O)c2ccc(N(C)C)nc2)no1. The van der Waals surface area contributed by atoms with Gasteiger partial charge in [-0.2, -0.15) is 4.98 Å². The van der Waals surface area contributed by atoms with Gasteiger partial charge in [0.1, 0.15) is 12.4 Å². The lowest BCUT2D eigenvalue weighted by Gasteiger charge is -2.28. The van der Waals surface area contributed by atoms with Gasteiger partial charge in [-0.25, -0.2) is 4.98 Å². The molecule has 1 amide bonds. The first-order valence-electron chi connectivity index (χ1n) is 8.86. The number of aromatic nitrogens is 3. The van der Waals surface area contributed by atoms with Crippen molar-refractivity contribution in [3.05, 3.63) is 35.6 Å². The van der Waals surface area contributed by atoms with Crippen LogP contribution in [0.4, 0.5) is 5.82 Å². The Kier molecular flexibility index (Phi) is 5.82. The van der Waals surface area contributed by atoms with Gasteiger partial charge in [0.25, 0.3) is 11.8 Å². The van der Waals surface area contributed by atoms with E-state index >= 15 is 0 Å². The lowest BCUT2D eigenvalue weighted by atomic mass is 10.1. The van der Waals surface area contributed by atoms with Crippen LogP contribution in [0.5, 0.6) is 0 Å². The topological polar surface area (TPSA) is 84.6 Å². The highest BCUT2D eigenvalue weighted by molar-refractivity contribution is 5.94. The number of rotatable bonds is 5. The number of nitrogens with zero attached hydrogens (tertiary/aromatic N) is 5. The average molecular weight is 359 g/mol. The molecule has 0 aliphatic carbocycles. The second kappa shape index (κ2) is 8.27. The van der Waals surface area contributed by atoms with Gasteiger partial charge in [0.2, 0.25) is 0 Å². The number of pyridine rings is 1. The highest BCUT2D eigenvalue weighted by atomic mass is 16.5. The molecular weight excluding hydrogens is 334 g/mol. The summed E-state index contributed by atoms with van der Waals surface area (Å²) in [7, 11) is 5.42. The third-order valence-corrected chi connectivity index (χ3v) is 4.52. The first-order chi connectivity index (χ1) is 12.6. The Hall–Kier alpha value is -2.48. The Morgan fingerprint density at radius 3 is 2.88 bits per heavy atom. The number of hydrogen-bond acceptors (Lipinski definition) is 7. The molecule has 1 unspecified atom stereocenters. The van der Waals surface area contributed by atoms with E-state index in [4.69, 9.17) is 9.26 Å². The van der Waals surface area contributed by atoms with E-state index in [1.165, 1.54) is 0 Å². The minimum absolute atomic E-state index is 0.0483. The number of hydrogen-bond donors (Lipinski definition) is 0. The number of ether oxygens (including phenoxy) is 1. The Morgan fingerprint density at radius 2 is 2.19 bits per heavy atom. The maximum absolute atomic E-state index is 13.1. The highest BCUT2D eigenvalue weighted by Crippen LogP contribution is 2.30. The van der Waals surface area contributed by atoms with Crippen LogP contribution >= 0.6 is 0 Å². The number of carbonyl (C=O) groups is 1. The van der Waals surface area contributed by atoms with Gasteiger partial charge in [-0.15, -0.1) is 0 Å². The van der Waals surface area contributed by atoms with Crippen LogP contribution in [0, 0.1) is 0 Å². The third kappa shape index (κ3) is 4.01. The summed E-state index contributed by atoms with van der Waals surface area (Å²) in [6, 6.07) is 3.48. The minimum Gasteiger partial charge on any atom is -0.375 e. The predicted molar refractivity (Wildman–Crippen MR) is 95.8 cm³/mol. The number of likely N-dealkylation sites (tertiary alicyclic amines) is 1. The smallest absolute Gasteiger partial charge is 0.256 e. The summed E-state index contributed by atoms with van der Waals surface area (Å²) in [5, 5.41) is 4.08. The summed E-state index contributed by atoms with van der Waals surface area (Å²) in [4.78, 5) is 25.6. The van der Waals surface area contributed by atoms with Crippen LogP contribution in [0.1, 0.15) is 53.8 Å². The van der Waals surface area contributed by atoms with Crippen molar-refractivity contribution in [2.24, 2.45) is 0 Å². The molecule has 1 fully saturated rings. The molecule has 3 heterocycles. The van der Waals surface area contributed by atoms with Gasteiger partial charge in [-0.1, -0.05) is 18.0 Å². The molecule has 1 saturated heterocycles. The van der Waals surface area contributed by atoms with Gasteiger partial charge < -0.3 is 19.1 Å². The van der Waals surface area contributed by atoms with Crippen molar-refractivity contribution >= 4 is 11.7 Å². The van der Waals surface area contributed by atoms with Crippen molar-refractivity contribution in [3.63, 3.8) is 0 Å².